The Morgan fingerprint density at radius 3 is 2.52 bits per heavy atom. The summed E-state index contributed by atoms with van der Waals surface area (Å²) >= 11 is 5.83. The number of nitrogens with two attached hydrogens (primary N) is 1. The monoisotopic (exact) mass is 307 g/mol. The predicted molar refractivity (Wildman–Crippen MR) is 84.1 cm³/mol. The average Bonchev–Trinajstić information content (AvgIpc) is 2.39. The number of rotatable bonds is 4. The maximum Gasteiger partial charge on any atom is 0.315 e. The summed E-state index contributed by atoms with van der Waals surface area (Å²) in [6.45, 7) is 1.33. The summed E-state index contributed by atoms with van der Waals surface area (Å²) < 4.78 is 0. The van der Waals surface area contributed by atoms with Gasteiger partial charge in [0, 0.05) is 17.6 Å². The van der Waals surface area contributed by atoms with Crippen molar-refractivity contribution >= 4 is 17.6 Å². The third-order valence-electron chi connectivity index (χ3n) is 4.84. The largest absolute Gasteiger partial charge is 0.335 e. The third-order valence-corrected chi connectivity index (χ3v) is 5.09. The number of hydrogen-bond acceptors (Lipinski definition) is 2. The molecular formula is C16H22ClN3O. The van der Waals surface area contributed by atoms with Gasteiger partial charge in [-0.3, -0.25) is 0 Å². The van der Waals surface area contributed by atoms with E-state index in [0.717, 1.165) is 24.9 Å². The Morgan fingerprint density at radius 1 is 1.24 bits per heavy atom. The van der Waals surface area contributed by atoms with Crippen molar-refractivity contribution in [1.82, 2.24) is 10.6 Å². The Morgan fingerprint density at radius 2 is 1.90 bits per heavy atom. The van der Waals surface area contributed by atoms with Gasteiger partial charge in [0.15, 0.2) is 0 Å². The maximum absolute atomic E-state index is 11.9. The molecule has 0 atom stereocenters. The molecule has 2 aliphatic carbocycles. The fourth-order valence-corrected chi connectivity index (χ4v) is 3.90. The molecule has 1 aromatic rings. The minimum Gasteiger partial charge on any atom is -0.335 e. The summed E-state index contributed by atoms with van der Waals surface area (Å²) in [7, 11) is 0. The molecule has 2 amide bonds. The van der Waals surface area contributed by atoms with Crippen molar-refractivity contribution < 1.29 is 4.79 Å². The van der Waals surface area contributed by atoms with Crippen LogP contribution in [0.3, 0.4) is 0 Å². The Labute approximate surface area is 130 Å². The quantitative estimate of drug-likeness (QED) is 0.800. The van der Waals surface area contributed by atoms with Gasteiger partial charge < -0.3 is 16.4 Å². The summed E-state index contributed by atoms with van der Waals surface area (Å²) in [5, 5.41) is 6.64. The van der Waals surface area contributed by atoms with E-state index in [9.17, 15) is 4.79 Å². The van der Waals surface area contributed by atoms with Crippen molar-refractivity contribution in [1.29, 1.82) is 0 Å². The molecule has 5 heteroatoms. The van der Waals surface area contributed by atoms with Gasteiger partial charge in [-0.1, -0.05) is 23.7 Å². The lowest BCUT2D eigenvalue weighted by Gasteiger charge is -2.57. The Hall–Kier alpha value is -1.26. The lowest BCUT2D eigenvalue weighted by molar-refractivity contribution is -0.0421. The number of urea groups is 1. The molecule has 4 nitrogen and oxygen atoms in total. The van der Waals surface area contributed by atoms with Crippen LogP contribution in [0.1, 0.15) is 31.2 Å². The van der Waals surface area contributed by atoms with Crippen LogP contribution >= 0.6 is 11.6 Å². The van der Waals surface area contributed by atoms with E-state index in [-0.39, 0.29) is 6.03 Å². The Bertz CT molecular complexity index is 503. The first-order chi connectivity index (χ1) is 10.1. The number of nitrogens with one attached hydrogen (secondary N) is 2. The molecule has 2 fully saturated rings. The van der Waals surface area contributed by atoms with Crippen molar-refractivity contribution in [2.75, 3.05) is 6.54 Å². The van der Waals surface area contributed by atoms with Crippen molar-refractivity contribution in [3.8, 4) is 0 Å². The van der Waals surface area contributed by atoms with Crippen LogP contribution in [0.2, 0.25) is 5.02 Å². The van der Waals surface area contributed by atoms with Crippen molar-refractivity contribution in [2.45, 2.75) is 38.3 Å². The summed E-state index contributed by atoms with van der Waals surface area (Å²) in [5.41, 5.74) is 7.21. The van der Waals surface area contributed by atoms with Crippen LogP contribution in [-0.2, 0) is 6.54 Å². The van der Waals surface area contributed by atoms with Crippen LogP contribution in [0.5, 0.6) is 0 Å². The molecule has 0 aliphatic heterocycles. The number of hydrogen-bond donors (Lipinski definition) is 3. The van der Waals surface area contributed by atoms with Gasteiger partial charge in [-0.2, -0.15) is 0 Å². The van der Waals surface area contributed by atoms with Crippen LogP contribution in [-0.4, -0.2) is 18.6 Å². The van der Waals surface area contributed by atoms with Crippen LogP contribution in [0.4, 0.5) is 4.79 Å². The highest BCUT2D eigenvalue weighted by Crippen LogP contribution is 2.58. The summed E-state index contributed by atoms with van der Waals surface area (Å²) in [6, 6.07) is 7.74. The molecule has 0 bridgehead atoms. The van der Waals surface area contributed by atoms with E-state index in [1.165, 1.54) is 12.8 Å². The van der Waals surface area contributed by atoms with Crippen molar-refractivity contribution in [2.24, 2.45) is 17.1 Å². The van der Waals surface area contributed by atoms with E-state index in [1.54, 1.807) is 0 Å². The smallest absolute Gasteiger partial charge is 0.315 e. The standard InChI is InChI=1S/C16H22ClN3O/c17-13-3-1-11(2-4-13)10-19-15(21)20-14-7-16(8-14)5-12(6-16)9-18/h1-4,12,14H,5-10,18H2,(H2,19,20,21). The van der Waals surface area contributed by atoms with Crippen molar-refractivity contribution in [3.63, 3.8) is 0 Å². The topological polar surface area (TPSA) is 67.1 Å². The average molecular weight is 308 g/mol. The molecule has 1 aromatic carbocycles. The van der Waals surface area contributed by atoms with Gasteiger partial charge in [-0.05, 0) is 61.3 Å². The number of benzene rings is 1. The first-order valence-corrected chi connectivity index (χ1v) is 7.95. The van der Waals surface area contributed by atoms with Crippen LogP contribution in [0.25, 0.3) is 0 Å². The molecule has 4 N–H and O–H groups in total. The van der Waals surface area contributed by atoms with E-state index in [0.29, 0.717) is 28.9 Å². The van der Waals surface area contributed by atoms with Gasteiger partial charge in [-0.15, -0.1) is 0 Å². The highest BCUT2D eigenvalue weighted by atomic mass is 35.5. The molecule has 1 spiro atoms. The first-order valence-electron chi connectivity index (χ1n) is 7.57. The molecule has 21 heavy (non-hydrogen) atoms. The van der Waals surface area contributed by atoms with Crippen molar-refractivity contribution in [3.05, 3.63) is 34.9 Å². The lowest BCUT2D eigenvalue weighted by Crippen LogP contribution is -2.58. The van der Waals surface area contributed by atoms with Gasteiger partial charge in [0.05, 0.1) is 0 Å². The first kappa shape index (κ1) is 14.7. The predicted octanol–water partition coefficient (Wildman–Crippen LogP) is 2.66. The van der Waals surface area contributed by atoms with Gasteiger partial charge >= 0.3 is 6.03 Å². The lowest BCUT2D eigenvalue weighted by atomic mass is 9.50. The van der Waals surface area contributed by atoms with Gasteiger partial charge in [0.25, 0.3) is 0 Å². The van der Waals surface area contributed by atoms with Gasteiger partial charge in [-0.25, -0.2) is 4.79 Å². The summed E-state index contributed by atoms with van der Waals surface area (Å²) in [5.74, 6) is 0.713. The van der Waals surface area contributed by atoms with E-state index >= 15 is 0 Å². The number of carbonyl (C=O) groups is 1. The molecule has 0 unspecified atom stereocenters. The SMILES string of the molecule is NCC1CC2(C1)CC(NC(=O)NCc1ccc(Cl)cc1)C2. The zero-order valence-electron chi connectivity index (χ0n) is 12.1. The van der Waals surface area contributed by atoms with Crippen LogP contribution in [0, 0.1) is 11.3 Å². The normalized spacial score (nSPS) is 30.4. The molecule has 0 aromatic heterocycles. The Kier molecular flexibility index (Phi) is 4.09. The zero-order valence-corrected chi connectivity index (χ0v) is 12.8. The summed E-state index contributed by atoms with van der Waals surface area (Å²) in [6.07, 6.45) is 4.71. The second-order valence-corrected chi connectivity index (χ2v) is 7.01. The molecular weight excluding hydrogens is 286 g/mol. The minimum absolute atomic E-state index is 0.0838. The highest BCUT2D eigenvalue weighted by Gasteiger charge is 2.52. The van der Waals surface area contributed by atoms with E-state index in [1.807, 2.05) is 24.3 Å². The number of amides is 2. The fraction of sp³-hybridized carbons (Fsp3) is 0.562. The van der Waals surface area contributed by atoms with E-state index in [4.69, 9.17) is 17.3 Å². The molecule has 0 radical (unpaired) electrons. The maximum atomic E-state index is 11.9. The number of halogens is 1. The van der Waals surface area contributed by atoms with Gasteiger partial charge in [0.1, 0.15) is 0 Å². The molecule has 2 saturated carbocycles. The zero-order chi connectivity index (χ0) is 14.9. The molecule has 0 saturated heterocycles. The second-order valence-electron chi connectivity index (χ2n) is 6.57. The van der Waals surface area contributed by atoms with Gasteiger partial charge in [0.2, 0.25) is 0 Å². The highest BCUT2D eigenvalue weighted by molar-refractivity contribution is 6.30. The number of carbonyl (C=O) groups excluding carboxylic acids is 1. The molecule has 2 aliphatic rings. The van der Waals surface area contributed by atoms with Crippen LogP contribution in [0.15, 0.2) is 24.3 Å². The fourth-order valence-electron chi connectivity index (χ4n) is 3.77. The second kappa shape index (κ2) is 5.85. The van der Waals surface area contributed by atoms with E-state index < -0.39 is 0 Å². The van der Waals surface area contributed by atoms with E-state index in [2.05, 4.69) is 10.6 Å². The third kappa shape index (κ3) is 3.33. The minimum atomic E-state index is -0.0838. The van der Waals surface area contributed by atoms with Crippen LogP contribution < -0.4 is 16.4 Å². The Balaban J connectivity index is 1.35. The summed E-state index contributed by atoms with van der Waals surface area (Å²) in [4.78, 5) is 11.9. The molecule has 3 rings (SSSR count). The molecule has 0 heterocycles. The molecule has 114 valence electrons.